The molecule has 2 aliphatic rings. The zero-order chi connectivity index (χ0) is 29.4. The van der Waals surface area contributed by atoms with E-state index in [1.165, 1.54) is 20.9 Å². The van der Waals surface area contributed by atoms with E-state index in [0.717, 1.165) is 23.3 Å². The average Bonchev–Trinajstić information content (AvgIpc) is 3.01. The number of fused-ring (bicyclic) bond motifs is 1. The molecule has 0 saturated carbocycles. The quantitative estimate of drug-likeness (QED) is 0.188. The highest BCUT2D eigenvalue weighted by Gasteiger charge is 2.55. The van der Waals surface area contributed by atoms with Gasteiger partial charge in [-0.15, -0.1) is 11.8 Å². The van der Waals surface area contributed by atoms with Gasteiger partial charge in [0.15, 0.2) is 0 Å². The number of rotatable bonds is 12. The van der Waals surface area contributed by atoms with E-state index in [2.05, 4.69) is 41.6 Å². The van der Waals surface area contributed by atoms with E-state index in [1.807, 2.05) is 72.8 Å². The van der Waals surface area contributed by atoms with Gasteiger partial charge in [-0.3, -0.25) is 4.79 Å². The summed E-state index contributed by atoms with van der Waals surface area (Å²) >= 11 is 5.26. The van der Waals surface area contributed by atoms with Crippen LogP contribution < -0.4 is 0 Å². The van der Waals surface area contributed by atoms with Gasteiger partial charge in [-0.05, 0) is 64.4 Å². The minimum atomic E-state index is -1.41. The molecular weight excluding hydrogens is 683 g/mol. The van der Waals surface area contributed by atoms with Gasteiger partial charge >= 0.3 is 0 Å². The number of thioether (sulfide) groups is 2. The van der Waals surface area contributed by atoms with Crippen molar-refractivity contribution in [2.45, 2.75) is 69.1 Å². The van der Waals surface area contributed by atoms with Crippen molar-refractivity contribution >= 4 is 51.2 Å². The van der Waals surface area contributed by atoms with E-state index >= 15 is 0 Å². The molecule has 42 heavy (non-hydrogen) atoms. The van der Waals surface area contributed by atoms with E-state index in [9.17, 15) is 4.79 Å². The third kappa shape index (κ3) is 8.18. The number of benzene rings is 3. The van der Waals surface area contributed by atoms with Crippen LogP contribution in [0, 0.1) is 3.57 Å². The zero-order valence-corrected chi connectivity index (χ0v) is 27.6. The lowest BCUT2D eigenvalue weighted by Gasteiger charge is -2.51. The minimum absolute atomic E-state index is 0.152. The van der Waals surface area contributed by atoms with Crippen molar-refractivity contribution in [3.63, 3.8) is 0 Å². The molecule has 2 aliphatic heterocycles. The topological polar surface area (TPSA) is 63.2 Å². The van der Waals surface area contributed by atoms with Gasteiger partial charge in [0, 0.05) is 9.32 Å². The summed E-state index contributed by atoms with van der Waals surface area (Å²) in [7, 11) is 0. The molecule has 2 heterocycles. The molecule has 2 fully saturated rings. The van der Waals surface area contributed by atoms with Crippen LogP contribution in [0.2, 0.25) is 0 Å². The van der Waals surface area contributed by atoms with Crippen LogP contribution in [0.5, 0.6) is 0 Å². The van der Waals surface area contributed by atoms with Crippen LogP contribution in [0.4, 0.5) is 0 Å². The van der Waals surface area contributed by atoms with Gasteiger partial charge in [0.2, 0.25) is 10.9 Å². The molecule has 2 saturated heterocycles. The number of halogens is 1. The first-order valence-corrected chi connectivity index (χ1v) is 17.4. The monoisotopic (exact) mass is 720 g/mol. The van der Waals surface area contributed by atoms with Crippen molar-refractivity contribution in [3.8, 4) is 0 Å². The van der Waals surface area contributed by atoms with Crippen molar-refractivity contribution in [2.24, 2.45) is 0 Å². The predicted molar refractivity (Wildman–Crippen MR) is 176 cm³/mol. The van der Waals surface area contributed by atoms with Crippen LogP contribution in [0.1, 0.15) is 30.5 Å². The molecule has 0 bridgehead atoms. The number of carbonyl (C=O) groups is 1. The molecule has 0 spiro atoms. The fourth-order valence-corrected chi connectivity index (χ4v) is 7.59. The second-order valence-corrected chi connectivity index (χ2v) is 13.9. The summed E-state index contributed by atoms with van der Waals surface area (Å²) in [4.78, 5) is 13.5. The van der Waals surface area contributed by atoms with Crippen LogP contribution in [0.15, 0.2) is 84.9 Å². The Morgan fingerprint density at radius 1 is 0.929 bits per heavy atom. The maximum Gasteiger partial charge on any atom is 0.248 e. The number of aryl methyl sites for hydroxylation is 1. The third-order valence-electron chi connectivity index (χ3n) is 7.31. The normalized spacial score (nSPS) is 27.4. The fourth-order valence-electron chi connectivity index (χ4n) is 5.08. The Morgan fingerprint density at radius 3 is 2.19 bits per heavy atom. The zero-order valence-electron chi connectivity index (χ0n) is 23.9. The van der Waals surface area contributed by atoms with E-state index < -0.39 is 24.1 Å². The van der Waals surface area contributed by atoms with Crippen LogP contribution in [0.3, 0.4) is 0 Å². The van der Waals surface area contributed by atoms with Gasteiger partial charge in [0.25, 0.3) is 0 Å². The highest BCUT2D eigenvalue weighted by molar-refractivity contribution is 14.1. The lowest BCUT2D eigenvalue weighted by atomic mass is 9.97. The predicted octanol–water partition coefficient (Wildman–Crippen LogP) is 6.87. The highest BCUT2D eigenvalue weighted by Crippen LogP contribution is 2.40. The Kier molecular flexibility index (Phi) is 11.8. The van der Waals surface area contributed by atoms with E-state index in [0.29, 0.717) is 19.0 Å². The van der Waals surface area contributed by atoms with Crippen LogP contribution in [-0.2, 0) is 48.1 Å². The Balaban J connectivity index is 1.33. The van der Waals surface area contributed by atoms with Crippen molar-refractivity contribution < 1.29 is 28.5 Å². The summed E-state index contributed by atoms with van der Waals surface area (Å²) < 4.78 is 33.5. The highest BCUT2D eigenvalue weighted by atomic mass is 127. The molecule has 224 valence electrons. The van der Waals surface area contributed by atoms with Gasteiger partial charge in [-0.25, -0.2) is 0 Å². The lowest BCUT2D eigenvalue weighted by molar-refractivity contribution is -0.348. The second kappa shape index (κ2) is 15.5. The number of hydrogen-bond donors (Lipinski definition) is 0. The lowest BCUT2D eigenvalue weighted by Crippen LogP contribution is -2.66. The summed E-state index contributed by atoms with van der Waals surface area (Å²) in [5.41, 5.74) is 3.08. The average molecular weight is 721 g/mol. The molecule has 5 rings (SSSR count). The molecule has 9 heteroatoms. The largest absolute Gasteiger partial charge is 0.368 e. The van der Waals surface area contributed by atoms with Crippen LogP contribution in [0.25, 0.3) is 0 Å². The van der Waals surface area contributed by atoms with Crippen LogP contribution >= 0.6 is 46.1 Å². The summed E-state index contributed by atoms with van der Waals surface area (Å²) in [5.74, 6) is 0.0768. The first-order valence-electron chi connectivity index (χ1n) is 14.3. The Hall–Kier alpha value is -1.44. The third-order valence-corrected chi connectivity index (χ3v) is 10.4. The van der Waals surface area contributed by atoms with Gasteiger partial charge < -0.3 is 23.7 Å². The molecule has 6 atom stereocenters. The van der Waals surface area contributed by atoms with Gasteiger partial charge in [0.1, 0.15) is 29.9 Å². The summed E-state index contributed by atoms with van der Waals surface area (Å²) in [6.45, 7) is 4.86. The Bertz CT molecular complexity index is 1280. The van der Waals surface area contributed by atoms with E-state index in [-0.39, 0.29) is 23.3 Å². The molecule has 6 nitrogen and oxygen atoms in total. The van der Waals surface area contributed by atoms with Crippen molar-refractivity contribution in [1.82, 2.24) is 0 Å². The molecule has 3 aromatic carbocycles. The van der Waals surface area contributed by atoms with Gasteiger partial charge in [0.05, 0.1) is 19.8 Å². The first-order chi connectivity index (χ1) is 20.5. The van der Waals surface area contributed by atoms with Crippen molar-refractivity contribution in [2.75, 3.05) is 18.1 Å². The minimum Gasteiger partial charge on any atom is -0.368 e. The van der Waals surface area contributed by atoms with Crippen molar-refractivity contribution in [1.29, 1.82) is 0 Å². The molecule has 0 N–H and O–H groups in total. The SMILES string of the molecule is CCS[C@H]1O[C@@H]2CO[C@](C)(C(=O)SCCc3ccccc3I)O[C@H]2[C@H](OCc2ccccc2)[C@@H]1OCc1ccccc1. The molecule has 0 aromatic heterocycles. The van der Waals surface area contributed by atoms with Crippen LogP contribution in [-0.4, -0.2) is 58.9 Å². The number of hydrogen-bond acceptors (Lipinski definition) is 8. The molecule has 0 unspecified atom stereocenters. The fraction of sp³-hybridized carbons (Fsp3) is 0.424. The molecule has 0 radical (unpaired) electrons. The van der Waals surface area contributed by atoms with Gasteiger partial charge in [-0.2, -0.15) is 0 Å². The second-order valence-electron chi connectivity index (χ2n) is 10.3. The van der Waals surface area contributed by atoms with E-state index in [4.69, 9.17) is 23.7 Å². The number of ether oxygens (including phenoxy) is 5. The standard InChI is InChI=1S/C33H37IO6S2/c1-3-41-31-30(37-21-24-14-8-5-9-15-24)29(36-20-23-12-6-4-7-13-23)28-27(39-31)22-38-33(2,40-28)32(35)42-19-18-25-16-10-11-17-26(25)34/h4-17,27-31H,3,18-22H2,1-2H3/t27-,28-,29+,30+,31-,33+/m1/s1. The number of carbonyl (C=O) groups excluding carboxylic acids is 1. The van der Waals surface area contributed by atoms with Crippen molar-refractivity contribution in [3.05, 3.63) is 105 Å². The smallest absolute Gasteiger partial charge is 0.248 e. The van der Waals surface area contributed by atoms with Gasteiger partial charge in [-0.1, -0.05) is 97.5 Å². The first kappa shape index (κ1) is 32.0. The summed E-state index contributed by atoms with van der Waals surface area (Å²) in [5, 5.41) is -0.152. The Labute approximate surface area is 270 Å². The Morgan fingerprint density at radius 2 is 1.55 bits per heavy atom. The molecule has 0 amide bonds. The summed E-state index contributed by atoms with van der Waals surface area (Å²) in [6.07, 6.45) is -1.02. The maximum absolute atomic E-state index is 13.5. The molecular formula is C33H37IO6S2. The maximum atomic E-state index is 13.5. The summed E-state index contributed by atoms with van der Waals surface area (Å²) in [6, 6.07) is 28.4. The molecule has 3 aromatic rings. The molecule has 0 aliphatic carbocycles. The van der Waals surface area contributed by atoms with E-state index in [1.54, 1.807) is 18.7 Å².